The Bertz CT molecular complexity index is 450. The molecule has 0 amide bonds. The molecule has 0 saturated heterocycles. The van der Waals surface area contributed by atoms with Gasteiger partial charge in [-0.05, 0) is 0 Å². The molecule has 0 bridgehead atoms. The second kappa shape index (κ2) is 3.32. The van der Waals surface area contributed by atoms with Crippen molar-refractivity contribution in [1.29, 1.82) is 0 Å². The summed E-state index contributed by atoms with van der Waals surface area (Å²) in [6, 6.07) is 5.67. The van der Waals surface area contributed by atoms with E-state index >= 15 is 0 Å². The summed E-state index contributed by atoms with van der Waals surface area (Å²) in [5, 5.41) is 0. The molecule has 1 heterocycles. The number of methoxy groups -OCH3 is 1. The van der Waals surface area contributed by atoms with Crippen LogP contribution in [0.4, 0.5) is 0 Å². The van der Waals surface area contributed by atoms with Crippen LogP contribution in [-0.4, -0.2) is 32.9 Å². The monoisotopic (exact) mass is 241 g/mol. The first kappa shape index (κ1) is 8.48. The first-order valence-electron chi connectivity index (χ1n) is 3.73. The molecule has 0 aliphatic heterocycles. The van der Waals surface area contributed by atoms with Gasteiger partial charge in [0, 0.05) is 0 Å². The Hall–Kier alpha value is -1.12. The maximum atomic E-state index is 10.5. The van der Waals surface area contributed by atoms with E-state index in [1.807, 2.05) is 18.2 Å². The second-order valence-corrected chi connectivity index (χ2v) is 4.73. The molecular formula is C9H7NO2Se. The van der Waals surface area contributed by atoms with Crippen LogP contribution < -0.4 is 4.74 Å². The van der Waals surface area contributed by atoms with Crippen molar-refractivity contribution in [2.75, 3.05) is 7.11 Å². The Morgan fingerprint density at radius 3 is 3.08 bits per heavy atom. The molecule has 0 fully saturated rings. The van der Waals surface area contributed by atoms with Crippen LogP contribution in [0, 0.1) is 0 Å². The summed E-state index contributed by atoms with van der Waals surface area (Å²) in [5.41, 5.74) is 0.905. The molecule has 3 nitrogen and oxygen atoms in total. The minimum absolute atomic E-state index is 0.0611. The number of ether oxygens (including phenoxy) is 1. The summed E-state index contributed by atoms with van der Waals surface area (Å²) in [7, 11) is 1.63. The van der Waals surface area contributed by atoms with Crippen molar-refractivity contribution in [3.63, 3.8) is 0 Å². The van der Waals surface area contributed by atoms with Gasteiger partial charge in [-0.2, -0.15) is 0 Å². The molecule has 2 aromatic rings. The van der Waals surface area contributed by atoms with Crippen LogP contribution >= 0.6 is 0 Å². The molecule has 0 N–H and O–H groups in total. The predicted molar refractivity (Wildman–Crippen MR) is 50.6 cm³/mol. The van der Waals surface area contributed by atoms with Crippen LogP contribution in [0.15, 0.2) is 18.2 Å². The summed E-state index contributed by atoms with van der Waals surface area (Å²) in [4.78, 5) is 14.7. The molecule has 0 aliphatic carbocycles. The summed E-state index contributed by atoms with van der Waals surface area (Å²) >= 11 is 0.0611. The summed E-state index contributed by atoms with van der Waals surface area (Å²) < 4.78 is 6.85. The van der Waals surface area contributed by atoms with E-state index in [0.29, 0.717) is 4.57 Å². The Morgan fingerprint density at radius 2 is 2.38 bits per heavy atom. The Morgan fingerprint density at radius 1 is 1.54 bits per heavy atom. The first-order chi connectivity index (χ1) is 6.33. The van der Waals surface area contributed by atoms with E-state index in [4.69, 9.17) is 4.74 Å². The number of carbonyl (C=O) groups excluding carboxylic acids is 1. The number of carbonyl (C=O) groups is 1. The van der Waals surface area contributed by atoms with Crippen LogP contribution in [-0.2, 0) is 0 Å². The molecule has 66 valence electrons. The number of aromatic nitrogens is 1. The minimum atomic E-state index is 0.0611. The third-order valence-electron chi connectivity index (χ3n) is 1.71. The molecule has 0 spiro atoms. The van der Waals surface area contributed by atoms with Gasteiger partial charge in [-0.15, -0.1) is 0 Å². The topological polar surface area (TPSA) is 39.2 Å². The average molecular weight is 240 g/mol. The zero-order valence-corrected chi connectivity index (χ0v) is 8.69. The van der Waals surface area contributed by atoms with Gasteiger partial charge in [0.05, 0.1) is 0 Å². The van der Waals surface area contributed by atoms with E-state index in [0.717, 1.165) is 21.8 Å². The van der Waals surface area contributed by atoms with Gasteiger partial charge < -0.3 is 0 Å². The van der Waals surface area contributed by atoms with Crippen molar-refractivity contribution in [1.82, 2.24) is 4.98 Å². The van der Waals surface area contributed by atoms with Crippen LogP contribution in [0.3, 0.4) is 0 Å². The van der Waals surface area contributed by atoms with Gasteiger partial charge in [0.15, 0.2) is 0 Å². The summed E-state index contributed by atoms with van der Waals surface area (Å²) in [6.45, 7) is 0. The van der Waals surface area contributed by atoms with Crippen molar-refractivity contribution in [3.05, 3.63) is 22.8 Å². The number of hydrogen-bond acceptors (Lipinski definition) is 3. The van der Waals surface area contributed by atoms with Crippen LogP contribution in [0.2, 0.25) is 0 Å². The van der Waals surface area contributed by atoms with Crippen molar-refractivity contribution in [2.45, 2.75) is 0 Å². The van der Waals surface area contributed by atoms with E-state index in [1.165, 1.54) is 0 Å². The average Bonchev–Trinajstić information content (AvgIpc) is 2.58. The molecule has 4 heteroatoms. The Kier molecular flexibility index (Phi) is 2.17. The molecule has 0 unspecified atom stereocenters. The molecule has 1 aromatic carbocycles. The van der Waals surface area contributed by atoms with E-state index in [1.54, 1.807) is 7.11 Å². The van der Waals surface area contributed by atoms with E-state index in [9.17, 15) is 4.79 Å². The quantitative estimate of drug-likeness (QED) is 0.583. The van der Waals surface area contributed by atoms with Crippen molar-refractivity contribution in [3.8, 4) is 5.75 Å². The number of aldehydes is 1. The second-order valence-electron chi connectivity index (χ2n) is 2.50. The van der Waals surface area contributed by atoms with Crippen molar-refractivity contribution in [2.24, 2.45) is 0 Å². The normalized spacial score (nSPS) is 10.2. The van der Waals surface area contributed by atoms with Gasteiger partial charge >= 0.3 is 80.7 Å². The third-order valence-corrected chi connectivity index (χ3v) is 3.69. The SMILES string of the molecule is COc1ccc2nc(C=O)[se]c2c1. The van der Waals surface area contributed by atoms with Crippen molar-refractivity contribution < 1.29 is 9.53 Å². The van der Waals surface area contributed by atoms with Gasteiger partial charge in [-0.25, -0.2) is 0 Å². The van der Waals surface area contributed by atoms with Gasteiger partial charge in [0.25, 0.3) is 0 Å². The fourth-order valence-corrected chi connectivity index (χ4v) is 2.80. The van der Waals surface area contributed by atoms with Crippen LogP contribution in [0.1, 0.15) is 9.36 Å². The van der Waals surface area contributed by atoms with Crippen molar-refractivity contribution >= 4 is 30.6 Å². The van der Waals surface area contributed by atoms with E-state index < -0.39 is 0 Å². The molecule has 13 heavy (non-hydrogen) atoms. The van der Waals surface area contributed by atoms with Crippen LogP contribution in [0.25, 0.3) is 9.78 Å². The standard InChI is InChI=1S/C9H7NO2Se/c1-12-6-2-3-7-8(4-6)13-9(5-11)10-7/h2-5H,1H3. The number of benzene rings is 1. The molecule has 1 aromatic heterocycles. The molecule has 0 aliphatic rings. The molecule has 0 atom stereocenters. The molecule has 0 saturated carbocycles. The predicted octanol–water partition coefficient (Wildman–Crippen LogP) is 1.11. The van der Waals surface area contributed by atoms with Gasteiger partial charge in [-0.1, -0.05) is 0 Å². The molecular weight excluding hydrogens is 233 g/mol. The summed E-state index contributed by atoms with van der Waals surface area (Å²) in [6.07, 6.45) is 0.826. The first-order valence-corrected chi connectivity index (χ1v) is 5.44. The number of fused-ring (bicyclic) bond motifs is 1. The Labute approximate surface area is 81.1 Å². The number of hydrogen-bond donors (Lipinski definition) is 0. The van der Waals surface area contributed by atoms with Gasteiger partial charge in [0.2, 0.25) is 0 Å². The fourth-order valence-electron chi connectivity index (χ4n) is 1.10. The Balaban J connectivity index is 2.63. The zero-order chi connectivity index (χ0) is 9.26. The maximum absolute atomic E-state index is 10.5. The van der Waals surface area contributed by atoms with E-state index in [-0.39, 0.29) is 14.5 Å². The number of rotatable bonds is 2. The van der Waals surface area contributed by atoms with E-state index in [2.05, 4.69) is 4.98 Å². The fraction of sp³-hybridized carbons (Fsp3) is 0.111. The molecule has 2 rings (SSSR count). The zero-order valence-electron chi connectivity index (χ0n) is 6.98. The van der Waals surface area contributed by atoms with Crippen LogP contribution in [0.5, 0.6) is 5.75 Å². The summed E-state index contributed by atoms with van der Waals surface area (Å²) in [5.74, 6) is 0.822. The molecule has 0 radical (unpaired) electrons. The van der Waals surface area contributed by atoms with Gasteiger partial charge in [0.1, 0.15) is 0 Å². The van der Waals surface area contributed by atoms with Gasteiger partial charge in [-0.3, -0.25) is 0 Å². The third kappa shape index (κ3) is 1.50. The number of nitrogens with zero attached hydrogens (tertiary/aromatic N) is 1.